The Kier molecular flexibility index (Phi) is 8.07. The second-order valence-corrected chi connectivity index (χ2v) is 9.40. The summed E-state index contributed by atoms with van der Waals surface area (Å²) in [5.41, 5.74) is 0. The van der Waals surface area contributed by atoms with Gasteiger partial charge in [-0.25, -0.2) is 0 Å². The van der Waals surface area contributed by atoms with Crippen molar-refractivity contribution < 1.29 is 22.1 Å². The van der Waals surface area contributed by atoms with Crippen LogP contribution in [0.3, 0.4) is 0 Å². The predicted octanol–water partition coefficient (Wildman–Crippen LogP) is 3.49. The van der Waals surface area contributed by atoms with Crippen molar-refractivity contribution in [2.24, 2.45) is 16.8 Å². The van der Waals surface area contributed by atoms with Crippen LogP contribution in [-0.2, 0) is 23.8 Å². The number of carbonyl (C=O) groups excluding carboxylic acids is 1. The maximum Gasteiger partial charge on any atom is 0.303 e. The Morgan fingerprint density at radius 1 is 1.23 bits per heavy atom. The normalized spacial score (nSPS) is 29.1. The molecule has 0 N–H and O–H groups in total. The molecule has 0 aromatic rings. The van der Waals surface area contributed by atoms with E-state index < -0.39 is 16.2 Å². The van der Waals surface area contributed by atoms with E-state index in [-0.39, 0.29) is 18.1 Å². The third-order valence-electron chi connectivity index (χ3n) is 5.41. The van der Waals surface area contributed by atoms with Gasteiger partial charge >= 0.3 is 5.97 Å². The van der Waals surface area contributed by atoms with Crippen molar-refractivity contribution in [3.05, 3.63) is 0 Å². The Hall–Kier alpha value is -0.950. The lowest BCUT2D eigenvalue weighted by molar-refractivity contribution is -0.145. The number of ether oxygens (including phenoxy) is 1. The number of carbonyl (C=O) groups is 1. The van der Waals surface area contributed by atoms with Gasteiger partial charge in [-0.2, -0.15) is 8.42 Å². The van der Waals surface area contributed by atoms with Gasteiger partial charge in [0.1, 0.15) is 6.10 Å². The minimum Gasteiger partial charge on any atom is -0.456 e. The molecule has 0 bridgehead atoms. The van der Waals surface area contributed by atoms with Crippen molar-refractivity contribution in [1.82, 2.24) is 0 Å². The van der Waals surface area contributed by atoms with E-state index in [9.17, 15) is 13.2 Å². The molecular weight excluding hydrogens is 354 g/mol. The van der Waals surface area contributed by atoms with E-state index in [4.69, 9.17) is 8.92 Å². The van der Waals surface area contributed by atoms with Gasteiger partial charge in [-0.15, -0.1) is 0 Å². The van der Waals surface area contributed by atoms with E-state index in [1.807, 2.05) is 0 Å². The van der Waals surface area contributed by atoms with Crippen LogP contribution >= 0.6 is 0 Å². The van der Waals surface area contributed by atoms with E-state index in [1.165, 1.54) is 13.3 Å². The van der Waals surface area contributed by atoms with E-state index in [1.54, 1.807) is 6.21 Å². The molecule has 4 unspecified atom stereocenters. The molecule has 0 aromatic heterocycles. The van der Waals surface area contributed by atoms with Gasteiger partial charge in [-0.1, -0.05) is 39.0 Å². The smallest absolute Gasteiger partial charge is 0.303 e. The number of rotatable bonds is 8. The highest BCUT2D eigenvalue weighted by molar-refractivity contribution is 7.86. The first-order valence-electron chi connectivity index (χ1n) is 9.87. The minimum absolute atomic E-state index is 0.192. The summed E-state index contributed by atoms with van der Waals surface area (Å²) in [6.07, 6.45) is 11.3. The molecule has 150 valence electrons. The zero-order valence-electron chi connectivity index (χ0n) is 16.2. The Bertz CT molecular complexity index is 583. The highest BCUT2D eigenvalue weighted by atomic mass is 32.2. The van der Waals surface area contributed by atoms with E-state index >= 15 is 0 Å². The van der Waals surface area contributed by atoms with E-state index in [2.05, 4.69) is 11.9 Å². The lowest BCUT2D eigenvalue weighted by atomic mass is 9.85. The van der Waals surface area contributed by atoms with Gasteiger partial charge in [0.05, 0.1) is 18.4 Å². The van der Waals surface area contributed by atoms with Crippen molar-refractivity contribution in [1.29, 1.82) is 0 Å². The molecule has 0 radical (unpaired) electrons. The van der Waals surface area contributed by atoms with Crippen molar-refractivity contribution in [2.75, 3.05) is 6.26 Å². The Labute approximate surface area is 157 Å². The summed E-state index contributed by atoms with van der Waals surface area (Å²) in [5, 5.41) is 0. The van der Waals surface area contributed by atoms with Crippen LogP contribution < -0.4 is 0 Å². The molecule has 0 amide bonds. The molecule has 6 nitrogen and oxygen atoms in total. The molecule has 2 rings (SSSR count). The molecule has 2 aliphatic carbocycles. The van der Waals surface area contributed by atoms with Crippen LogP contribution in [0, 0.1) is 11.8 Å². The molecule has 0 aliphatic heterocycles. The Morgan fingerprint density at radius 2 is 1.92 bits per heavy atom. The monoisotopic (exact) mass is 387 g/mol. The summed E-state index contributed by atoms with van der Waals surface area (Å²) in [6.45, 7) is 3.55. The summed E-state index contributed by atoms with van der Waals surface area (Å²) < 4.78 is 34.0. The van der Waals surface area contributed by atoms with Gasteiger partial charge in [0.25, 0.3) is 10.1 Å². The minimum atomic E-state index is -3.52. The molecule has 2 saturated carbocycles. The van der Waals surface area contributed by atoms with Gasteiger partial charge < -0.3 is 4.74 Å². The van der Waals surface area contributed by atoms with Crippen LogP contribution in [0.4, 0.5) is 0 Å². The summed E-state index contributed by atoms with van der Waals surface area (Å²) in [5.74, 6) is 0.431. The lowest BCUT2D eigenvalue weighted by Gasteiger charge is -2.27. The Morgan fingerprint density at radius 3 is 2.50 bits per heavy atom. The summed E-state index contributed by atoms with van der Waals surface area (Å²) in [4.78, 5) is 16.2. The van der Waals surface area contributed by atoms with Gasteiger partial charge in [-0.05, 0) is 31.6 Å². The predicted molar refractivity (Wildman–Crippen MR) is 102 cm³/mol. The largest absolute Gasteiger partial charge is 0.456 e. The van der Waals surface area contributed by atoms with Crippen LogP contribution in [0.5, 0.6) is 0 Å². The van der Waals surface area contributed by atoms with E-state index in [0.717, 1.165) is 51.2 Å². The first-order chi connectivity index (χ1) is 12.3. The number of nitrogens with zero attached hydrogens (tertiary/aromatic N) is 1. The fourth-order valence-electron chi connectivity index (χ4n) is 4.30. The molecule has 26 heavy (non-hydrogen) atoms. The highest BCUT2D eigenvalue weighted by Gasteiger charge is 2.37. The molecule has 0 heterocycles. The third kappa shape index (κ3) is 6.99. The second-order valence-electron chi connectivity index (χ2n) is 7.80. The van der Waals surface area contributed by atoms with Crippen LogP contribution in [-0.4, -0.2) is 45.1 Å². The summed E-state index contributed by atoms with van der Waals surface area (Å²) in [6, 6.07) is -0.192. The number of hydrogen-bond donors (Lipinski definition) is 0. The van der Waals surface area contributed by atoms with Gasteiger partial charge in [0.15, 0.2) is 0 Å². The molecular formula is C19H33NO5S. The quantitative estimate of drug-likeness (QED) is 0.362. The van der Waals surface area contributed by atoms with Gasteiger partial charge in [0, 0.05) is 19.1 Å². The summed E-state index contributed by atoms with van der Waals surface area (Å²) >= 11 is 0. The third-order valence-corrected chi connectivity index (χ3v) is 6.00. The zero-order chi connectivity index (χ0) is 19.2. The molecule has 2 fully saturated rings. The summed E-state index contributed by atoms with van der Waals surface area (Å²) in [7, 11) is -3.52. The highest BCUT2D eigenvalue weighted by Crippen LogP contribution is 2.35. The molecule has 2 aliphatic rings. The average Bonchev–Trinajstić information content (AvgIpc) is 2.92. The van der Waals surface area contributed by atoms with Crippen LogP contribution in [0.25, 0.3) is 0 Å². The SMILES string of the molecule is CCCC1CC(N=CC(OC(C)=O)C2CCCCC2)C(OS(C)(=O)=O)C1. The maximum atomic E-state index is 11.6. The first kappa shape index (κ1) is 21.4. The van der Waals surface area contributed by atoms with Crippen molar-refractivity contribution in [3.63, 3.8) is 0 Å². The van der Waals surface area contributed by atoms with Gasteiger partial charge in [0.2, 0.25) is 0 Å². The van der Waals surface area contributed by atoms with Crippen LogP contribution in [0.15, 0.2) is 4.99 Å². The average molecular weight is 388 g/mol. The molecule has 0 saturated heterocycles. The molecule has 4 atom stereocenters. The van der Waals surface area contributed by atoms with Gasteiger partial charge in [-0.3, -0.25) is 14.0 Å². The standard InChI is InChI=1S/C19H33NO5S/c1-4-8-15-11-17(18(12-15)25-26(3,22)23)20-13-19(24-14(2)21)16-9-6-5-7-10-16/h13,15-19H,4-12H2,1-3H3. The maximum absolute atomic E-state index is 11.6. The van der Waals surface area contributed by atoms with Crippen molar-refractivity contribution in [3.8, 4) is 0 Å². The molecule has 7 heteroatoms. The van der Waals surface area contributed by atoms with E-state index in [0.29, 0.717) is 18.3 Å². The fourth-order valence-corrected chi connectivity index (χ4v) is 4.96. The van der Waals surface area contributed by atoms with Crippen LogP contribution in [0.1, 0.15) is 71.6 Å². The number of aliphatic imine (C=N–C) groups is 1. The lowest BCUT2D eigenvalue weighted by Crippen LogP contribution is -2.31. The fraction of sp³-hybridized carbons (Fsp3) is 0.895. The number of hydrogen-bond acceptors (Lipinski definition) is 6. The second kappa shape index (κ2) is 9.83. The molecule has 0 spiro atoms. The first-order valence-corrected chi connectivity index (χ1v) is 11.7. The number of esters is 1. The van der Waals surface area contributed by atoms with Crippen LogP contribution in [0.2, 0.25) is 0 Å². The Balaban J connectivity index is 2.09. The van der Waals surface area contributed by atoms with Crippen molar-refractivity contribution in [2.45, 2.75) is 89.9 Å². The molecule has 0 aromatic carbocycles. The topological polar surface area (TPSA) is 82.0 Å². The van der Waals surface area contributed by atoms with Crippen molar-refractivity contribution >= 4 is 22.3 Å². The zero-order valence-corrected chi connectivity index (χ0v) is 17.0.